The van der Waals surface area contributed by atoms with Gasteiger partial charge in [0.2, 0.25) is 0 Å². The second-order valence-electron chi connectivity index (χ2n) is 8.81. The molecule has 1 amide bonds. The standard InChI is InChI=1S/C23H35ClN3O2.2CH2/c24-21-9-8-19(16-27(12-13-28)17-23(25)10-11-23)14-20(21)22(29)26-15-18-6-4-2-1-3-5-7-18;;/h8-9,14,28H,1-7,10-13,15-17,25H2,(H,26,29);2*1H2. The highest BCUT2D eigenvalue weighted by molar-refractivity contribution is 6.33. The molecule has 2 saturated carbocycles. The SMILES string of the molecule is NC1(CN(CCO)Cc2ccc(Cl)c(C(=O)NC[C]3CCCCCCC3)c2)CC1.[CH2].[CH2]. The lowest BCUT2D eigenvalue weighted by Gasteiger charge is -2.25. The molecule has 0 bridgehead atoms. The van der Waals surface area contributed by atoms with Crippen LogP contribution in [0, 0.1) is 20.8 Å². The van der Waals surface area contributed by atoms with Crippen LogP contribution in [0.4, 0.5) is 0 Å². The predicted octanol–water partition coefficient (Wildman–Crippen LogP) is 4.33. The highest BCUT2D eigenvalue weighted by Crippen LogP contribution is 2.33. The van der Waals surface area contributed by atoms with Crippen molar-refractivity contribution in [1.82, 2.24) is 10.2 Å². The van der Waals surface area contributed by atoms with Crippen molar-refractivity contribution >= 4 is 17.5 Å². The first-order valence-electron chi connectivity index (χ1n) is 11.0. The summed E-state index contributed by atoms with van der Waals surface area (Å²) in [6.07, 6.45) is 10.7. The van der Waals surface area contributed by atoms with Gasteiger partial charge in [-0.25, -0.2) is 0 Å². The minimum Gasteiger partial charge on any atom is -0.395 e. The Morgan fingerprint density at radius 3 is 2.39 bits per heavy atom. The second-order valence-corrected chi connectivity index (χ2v) is 9.22. The van der Waals surface area contributed by atoms with E-state index in [2.05, 4.69) is 10.2 Å². The summed E-state index contributed by atoms with van der Waals surface area (Å²) in [4.78, 5) is 14.9. The summed E-state index contributed by atoms with van der Waals surface area (Å²) in [5.74, 6) is 1.33. The van der Waals surface area contributed by atoms with Crippen molar-refractivity contribution in [3.8, 4) is 0 Å². The molecule has 2 fully saturated rings. The minimum atomic E-state index is -0.114. The lowest BCUT2D eigenvalue weighted by Crippen LogP contribution is -2.40. The molecule has 0 saturated heterocycles. The molecular weight excluding hydrogens is 410 g/mol. The van der Waals surface area contributed by atoms with Crippen molar-refractivity contribution < 1.29 is 9.90 Å². The van der Waals surface area contributed by atoms with Crippen LogP contribution in [0.15, 0.2) is 18.2 Å². The molecule has 5 radical (unpaired) electrons. The van der Waals surface area contributed by atoms with Gasteiger partial charge in [0.1, 0.15) is 0 Å². The lowest BCUT2D eigenvalue weighted by atomic mass is 9.91. The number of aliphatic hydroxyl groups excluding tert-OH is 1. The molecule has 4 N–H and O–H groups in total. The zero-order valence-corrected chi connectivity index (χ0v) is 19.6. The topological polar surface area (TPSA) is 78.6 Å². The van der Waals surface area contributed by atoms with Gasteiger partial charge in [-0.3, -0.25) is 9.69 Å². The number of carbonyl (C=O) groups is 1. The summed E-state index contributed by atoms with van der Waals surface area (Å²) in [6, 6.07) is 5.62. The number of nitrogens with two attached hydrogens (primary N) is 1. The van der Waals surface area contributed by atoms with Gasteiger partial charge in [0.15, 0.2) is 0 Å². The summed E-state index contributed by atoms with van der Waals surface area (Å²) < 4.78 is 0. The summed E-state index contributed by atoms with van der Waals surface area (Å²) in [5.41, 5.74) is 7.67. The number of nitrogens with zero attached hydrogens (tertiary/aromatic N) is 1. The minimum absolute atomic E-state index is 0. The Balaban J connectivity index is 0.00000240. The smallest absolute Gasteiger partial charge is 0.252 e. The van der Waals surface area contributed by atoms with Crippen LogP contribution in [-0.2, 0) is 6.54 Å². The summed E-state index contributed by atoms with van der Waals surface area (Å²) in [6.45, 7) is 2.72. The van der Waals surface area contributed by atoms with Gasteiger partial charge < -0.3 is 16.2 Å². The number of rotatable bonds is 9. The predicted molar refractivity (Wildman–Crippen MR) is 129 cm³/mol. The number of hydrogen-bond acceptors (Lipinski definition) is 4. The average molecular weight is 449 g/mol. The van der Waals surface area contributed by atoms with Crippen molar-refractivity contribution in [3.05, 3.63) is 55.1 Å². The fourth-order valence-electron chi connectivity index (χ4n) is 4.11. The third-order valence-electron chi connectivity index (χ3n) is 6.09. The summed E-state index contributed by atoms with van der Waals surface area (Å²) >= 11 is 6.33. The molecule has 0 aliphatic heterocycles. The third-order valence-corrected chi connectivity index (χ3v) is 6.42. The molecule has 0 unspecified atom stereocenters. The molecule has 5 nitrogen and oxygen atoms in total. The van der Waals surface area contributed by atoms with E-state index in [-0.39, 0.29) is 32.9 Å². The Morgan fingerprint density at radius 2 is 1.77 bits per heavy atom. The van der Waals surface area contributed by atoms with Crippen LogP contribution in [0.5, 0.6) is 0 Å². The van der Waals surface area contributed by atoms with Crippen LogP contribution in [0.3, 0.4) is 0 Å². The third kappa shape index (κ3) is 9.09. The van der Waals surface area contributed by atoms with Gasteiger partial charge >= 0.3 is 0 Å². The van der Waals surface area contributed by atoms with Crippen LogP contribution in [-0.4, -0.2) is 47.7 Å². The Kier molecular flexibility index (Phi) is 12.1. The molecular formula is C25H39ClN3O2. The number of halogens is 1. The van der Waals surface area contributed by atoms with Crippen LogP contribution >= 0.6 is 11.6 Å². The van der Waals surface area contributed by atoms with Gasteiger partial charge in [-0.2, -0.15) is 0 Å². The van der Waals surface area contributed by atoms with Gasteiger partial charge in [-0.15, -0.1) is 0 Å². The summed E-state index contributed by atoms with van der Waals surface area (Å²) in [5, 5.41) is 12.9. The number of benzene rings is 1. The Bertz CT molecular complexity index is 671. The molecule has 6 heteroatoms. The van der Waals surface area contributed by atoms with E-state index < -0.39 is 0 Å². The van der Waals surface area contributed by atoms with E-state index >= 15 is 0 Å². The first kappa shape index (κ1) is 27.9. The largest absolute Gasteiger partial charge is 0.395 e. The molecule has 0 atom stereocenters. The van der Waals surface area contributed by atoms with E-state index in [1.807, 2.05) is 12.1 Å². The zero-order chi connectivity index (χ0) is 20.7. The molecule has 173 valence electrons. The van der Waals surface area contributed by atoms with Gasteiger partial charge in [0.25, 0.3) is 5.91 Å². The van der Waals surface area contributed by atoms with Crippen LogP contribution in [0.2, 0.25) is 5.02 Å². The monoisotopic (exact) mass is 448 g/mol. The molecule has 2 aliphatic rings. The van der Waals surface area contributed by atoms with Gasteiger partial charge in [-0.1, -0.05) is 64.6 Å². The van der Waals surface area contributed by atoms with Crippen molar-refractivity contribution in [2.45, 2.75) is 69.9 Å². The lowest BCUT2D eigenvalue weighted by molar-refractivity contribution is 0.0953. The van der Waals surface area contributed by atoms with Crippen LogP contribution in [0.1, 0.15) is 73.7 Å². The van der Waals surface area contributed by atoms with Crippen molar-refractivity contribution in [2.24, 2.45) is 5.73 Å². The highest BCUT2D eigenvalue weighted by atomic mass is 35.5. The average Bonchev–Trinajstić information content (AvgIpc) is 3.39. The molecule has 3 rings (SSSR count). The molecule has 0 spiro atoms. The van der Waals surface area contributed by atoms with E-state index in [0.717, 1.165) is 37.8 Å². The number of carbonyl (C=O) groups excluding carboxylic acids is 1. The van der Waals surface area contributed by atoms with E-state index in [1.165, 1.54) is 38.0 Å². The van der Waals surface area contributed by atoms with Crippen molar-refractivity contribution in [2.75, 3.05) is 26.2 Å². The van der Waals surface area contributed by atoms with E-state index in [4.69, 9.17) is 17.3 Å². The molecule has 0 aromatic heterocycles. The van der Waals surface area contributed by atoms with E-state index in [0.29, 0.717) is 30.2 Å². The fourth-order valence-corrected chi connectivity index (χ4v) is 4.31. The Morgan fingerprint density at radius 1 is 1.13 bits per heavy atom. The van der Waals surface area contributed by atoms with Crippen LogP contribution in [0.25, 0.3) is 0 Å². The molecule has 1 aromatic rings. The quantitative estimate of drug-likeness (QED) is 0.525. The van der Waals surface area contributed by atoms with E-state index in [9.17, 15) is 9.90 Å². The Hall–Kier alpha value is -1.14. The maximum atomic E-state index is 12.8. The number of aliphatic hydroxyl groups is 1. The van der Waals surface area contributed by atoms with Gasteiger partial charge in [0.05, 0.1) is 17.2 Å². The maximum absolute atomic E-state index is 12.8. The molecule has 31 heavy (non-hydrogen) atoms. The normalized spacial score (nSPS) is 18.3. The van der Waals surface area contributed by atoms with Gasteiger partial charge in [-0.05, 0) is 49.3 Å². The fraction of sp³-hybridized carbons (Fsp3) is 0.600. The van der Waals surface area contributed by atoms with Gasteiger partial charge in [0, 0.05) is 31.7 Å². The first-order chi connectivity index (χ1) is 14.0. The Labute approximate surface area is 194 Å². The van der Waals surface area contributed by atoms with Crippen molar-refractivity contribution in [3.63, 3.8) is 0 Å². The summed E-state index contributed by atoms with van der Waals surface area (Å²) in [7, 11) is 0. The molecule has 1 aromatic carbocycles. The second kappa shape index (κ2) is 13.4. The van der Waals surface area contributed by atoms with Crippen LogP contribution < -0.4 is 11.1 Å². The van der Waals surface area contributed by atoms with Crippen molar-refractivity contribution in [1.29, 1.82) is 0 Å². The number of amides is 1. The first-order valence-corrected chi connectivity index (χ1v) is 11.4. The van der Waals surface area contributed by atoms with E-state index in [1.54, 1.807) is 6.07 Å². The molecule has 2 aliphatic carbocycles. The highest BCUT2D eigenvalue weighted by Gasteiger charge is 2.39. The molecule has 0 heterocycles. The maximum Gasteiger partial charge on any atom is 0.252 e. The zero-order valence-electron chi connectivity index (χ0n) is 18.8. The number of hydrogen-bond donors (Lipinski definition) is 3. The number of nitrogens with one attached hydrogen (secondary N) is 1.